The second kappa shape index (κ2) is 8.41. The fourth-order valence-corrected chi connectivity index (χ4v) is 3.99. The first kappa shape index (κ1) is 19.7. The average molecular weight is 400 g/mol. The number of rotatable bonds is 6. The largest absolute Gasteiger partial charge is 0.497 e. The number of hydrogen-bond donors (Lipinski definition) is 1. The van der Waals surface area contributed by atoms with Gasteiger partial charge < -0.3 is 15.0 Å². The summed E-state index contributed by atoms with van der Waals surface area (Å²) >= 11 is 0. The monoisotopic (exact) mass is 400 g/mol. The summed E-state index contributed by atoms with van der Waals surface area (Å²) in [4.78, 5) is 28.0. The van der Waals surface area contributed by atoms with Gasteiger partial charge in [-0.05, 0) is 42.3 Å². The third-order valence-electron chi connectivity index (χ3n) is 5.62. The van der Waals surface area contributed by atoms with Crippen LogP contribution in [0.1, 0.15) is 30.1 Å². The van der Waals surface area contributed by atoms with E-state index in [1.807, 2.05) is 72.5 Å². The molecule has 1 unspecified atom stereocenters. The maximum atomic E-state index is 13.1. The lowest BCUT2D eigenvalue weighted by atomic mass is 9.79. The van der Waals surface area contributed by atoms with Crippen LogP contribution in [0.4, 0.5) is 5.69 Å². The Balaban J connectivity index is 1.60. The highest BCUT2D eigenvalue weighted by Gasteiger charge is 2.54. The van der Waals surface area contributed by atoms with Crippen LogP contribution in [0.25, 0.3) is 0 Å². The quantitative estimate of drug-likeness (QED) is 0.486. The summed E-state index contributed by atoms with van der Waals surface area (Å²) in [6, 6.07) is 26.3. The number of likely N-dealkylation sites (tertiary alicyclic amines) is 1. The molecule has 0 spiro atoms. The van der Waals surface area contributed by atoms with Gasteiger partial charge in [-0.3, -0.25) is 9.59 Å². The molecular formula is C25H24N2O3. The molecule has 0 radical (unpaired) electrons. The van der Waals surface area contributed by atoms with Crippen LogP contribution in [0, 0.1) is 5.92 Å². The Hall–Kier alpha value is -3.60. The van der Waals surface area contributed by atoms with Crippen LogP contribution in [0.2, 0.25) is 0 Å². The lowest BCUT2D eigenvalue weighted by molar-refractivity contribution is -0.165. The molecule has 0 saturated carbocycles. The minimum atomic E-state index is -0.763. The van der Waals surface area contributed by atoms with Gasteiger partial charge in [0.1, 0.15) is 11.7 Å². The highest BCUT2D eigenvalue weighted by Crippen LogP contribution is 2.46. The third-order valence-corrected chi connectivity index (χ3v) is 5.62. The fraction of sp³-hybridized carbons (Fsp3) is 0.200. The smallest absolute Gasteiger partial charge is 0.239 e. The number of ether oxygens (including phenoxy) is 1. The molecule has 0 bridgehead atoms. The van der Waals surface area contributed by atoms with Crippen molar-refractivity contribution < 1.29 is 14.3 Å². The lowest BCUT2D eigenvalue weighted by Gasteiger charge is -2.49. The minimum absolute atomic E-state index is 0.131. The Kier molecular flexibility index (Phi) is 5.53. The van der Waals surface area contributed by atoms with E-state index >= 15 is 0 Å². The molecule has 1 N–H and O–H groups in total. The Morgan fingerprint density at radius 1 is 0.933 bits per heavy atom. The maximum absolute atomic E-state index is 13.1. The van der Waals surface area contributed by atoms with Crippen LogP contribution >= 0.6 is 0 Å². The Labute approximate surface area is 176 Å². The van der Waals surface area contributed by atoms with Crippen molar-refractivity contribution in [3.05, 3.63) is 96.1 Å². The summed E-state index contributed by atoms with van der Waals surface area (Å²) in [7, 11) is 1.59. The second-order valence-corrected chi connectivity index (χ2v) is 7.38. The molecule has 3 aromatic rings. The number of hydrogen-bond acceptors (Lipinski definition) is 3. The predicted octanol–water partition coefficient (Wildman–Crippen LogP) is 4.59. The van der Waals surface area contributed by atoms with Gasteiger partial charge in [-0.2, -0.15) is 0 Å². The van der Waals surface area contributed by atoms with E-state index in [-0.39, 0.29) is 23.9 Å². The van der Waals surface area contributed by atoms with Gasteiger partial charge in [0.25, 0.3) is 0 Å². The first-order valence-corrected chi connectivity index (χ1v) is 9.97. The van der Waals surface area contributed by atoms with Crippen molar-refractivity contribution >= 4 is 17.5 Å². The summed E-state index contributed by atoms with van der Waals surface area (Å²) in [6.07, 6.45) is 0. The van der Waals surface area contributed by atoms with E-state index in [1.54, 1.807) is 31.4 Å². The summed E-state index contributed by atoms with van der Waals surface area (Å²) in [6.45, 7) is 2.00. The molecule has 0 aliphatic carbocycles. The SMILES string of the molecule is COc1ccc(NC(=O)[C@H]2C(=O)N(C(C)c3ccccc3)[C@@H]2c2ccccc2)cc1. The van der Waals surface area contributed by atoms with E-state index in [0.717, 1.165) is 11.1 Å². The molecule has 5 heteroatoms. The second-order valence-electron chi connectivity index (χ2n) is 7.38. The zero-order chi connectivity index (χ0) is 21.1. The van der Waals surface area contributed by atoms with Crippen molar-refractivity contribution in [1.82, 2.24) is 4.90 Å². The molecule has 152 valence electrons. The zero-order valence-electron chi connectivity index (χ0n) is 17.0. The molecule has 1 saturated heterocycles. The molecule has 0 aromatic heterocycles. The molecule has 3 atom stereocenters. The number of nitrogens with one attached hydrogen (secondary N) is 1. The minimum Gasteiger partial charge on any atom is -0.497 e. The third kappa shape index (κ3) is 3.66. The number of benzene rings is 3. The molecule has 30 heavy (non-hydrogen) atoms. The van der Waals surface area contributed by atoms with Gasteiger partial charge in [0.15, 0.2) is 0 Å². The summed E-state index contributed by atoms with van der Waals surface area (Å²) in [5.74, 6) is -0.514. The molecule has 5 nitrogen and oxygen atoms in total. The van der Waals surface area contributed by atoms with Gasteiger partial charge in [-0.25, -0.2) is 0 Å². The number of methoxy groups -OCH3 is 1. The van der Waals surface area contributed by atoms with Crippen LogP contribution in [0.3, 0.4) is 0 Å². The van der Waals surface area contributed by atoms with Crippen molar-refractivity contribution in [2.75, 3.05) is 12.4 Å². The molecule has 2 amide bonds. The zero-order valence-corrected chi connectivity index (χ0v) is 17.0. The standard InChI is InChI=1S/C25H24N2O3/c1-17(18-9-5-3-6-10-18)27-23(19-11-7-4-8-12-19)22(25(27)29)24(28)26-20-13-15-21(30-2)16-14-20/h3-17,22-23H,1-2H3,(H,26,28)/t17?,22-,23+/m0/s1. The highest BCUT2D eigenvalue weighted by atomic mass is 16.5. The first-order valence-electron chi connectivity index (χ1n) is 9.97. The Morgan fingerprint density at radius 2 is 1.53 bits per heavy atom. The molecule has 1 aliphatic heterocycles. The van der Waals surface area contributed by atoms with Gasteiger partial charge in [0.2, 0.25) is 11.8 Å². The number of amides is 2. The van der Waals surface area contributed by atoms with Gasteiger partial charge in [-0.15, -0.1) is 0 Å². The number of carbonyl (C=O) groups excluding carboxylic acids is 2. The molecule has 1 fully saturated rings. The first-order chi connectivity index (χ1) is 14.6. The summed E-state index contributed by atoms with van der Waals surface area (Å²) in [5, 5.41) is 2.88. The van der Waals surface area contributed by atoms with E-state index in [1.165, 1.54) is 0 Å². The summed E-state index contributed by atoms with van der Waals surface area (Å²) < 4.78 is 5.15. The van der Waals surface area contributed by atoms with Crippen LogP contribution in [-0.4, -0.2) is 23.8 Å². The molecule has 4 rings (SSSR count). The maximum Gasteiger partial charge on any atom is 0.239 e. The highest BCUT2D eigenvalue weighted by molar-refractivity contribution is 6.11. The van der Waals surface area contributed by atoms with Crippen molar-refractivity contribution in [2.45, 2.75) is 19.0 Å². The van der Waals surface area contributed by atoms with Gasteiger partial charge in [-0.1, -0.05) is 60.7 Å². The lowest BCUT2D eigenvalue weighted by Crippen LogP contribution is -2.59. The Morgan fingerprint density at radius 3 is 2.13 bits per heavy atom. The van der Waals surface area contributed by atoms with E-state index in [9.17, 15) is 9.59 Å². The van der Waals surface area contributed by atoms with Crippen molar-refractivity contribution in [1.29, 1.82) is 0 Å². The number of β-lactam (4-membered cyclic amide) rings is 1. The predicted molar refractivity (Wildman–Crippen MR) is 116 cm³/mol. The van der Waals surface area contributed by atoms with Crippen molar-refractivity contribution in [3.8, 4) is 5.75 Å². The van der Waals surface area contributed by atoms with Crippen LogP contribution in [-0.2, 0) is 9.59 Å². The van der Waals surface area contributed by atoms with Crippen LogP contribution < -0.4 is 10.1 Å². The van der Waals surface area contributed by atoms with E-state index in [2.05, 4.69) is 5.32 Å². The molecule has 3 aromatic carbocycles. The van der Waals surface area contributed by atoms with E-state index in [0.29, 0.717) is 11.4 Å². The van der Waals surface area contributed by atoms with Crippen molar-refractivity contribution in [3.63, 3.8) is 0 Å². The van der Waals surface area contributed by atoms with E-state index in [4.69, 9.17) is 4.74 Å². The van der Waals surface area contributed by atoms with Gasteiger partial charge in [0.05, 0.1) is 19.2 Å². The molecular weight excluding hydrogens is 376 g/mol. The number of nitrogens with zero attached hydrogens (tertiary/aromatic N) is 1. The Bertz CT molecular complexity index is 1020. The summed E-state index contributed by atoms with van der Waals surface area (Å²) in [5.41, 5.74) is 2.63. The number of anilines is 1. The van der Waals surface area contributed by atoms with Gasteiger partial charge in [0, 0.05) is 5.69 Å². The van der Waals surface area contributed by atoms with Gasteiger partial charge >= 0.3 is 0 Å². The average Bonchev–Trinajstić information content (AvgIpc) is 2.79. The van der Waals surface area contributed by atoms with Crippen molar-refractivity contribution in [2.24, 2.45) is 5.92 Å². The fourth-order valence-electron chi connectivity index (χ4n) is 3.99. The molecule has 1 aliphatic rings. The number of carbonyl (C=O) groups is 2. The molecule has 1 heterocycles. The topological polar surface area (TPSA) is 58.6 Å². The van der Waals surface area contributed by atoms with E-state index < -0.39 is 5.92 Å². The van der Waals surface area contributed by atoms with Crippen LogP contribution in [0.15, 0.2) is 84.9 Å². The van der Waals surface area contributed by atoms with Crippen LogP contribution in [0.5, 0.6) is 5.75 Å². The normalized spacial score (nSPS) is 19.0.